The van der Waals surface area contributed by atoms with Crippen molar-refractivity contribution in [2.45, 2.75) is 25.5 Å². The van der Waals surface area contributed by atoms with Gasteiger partial charge < -0.3 is 20.0 Å². The number of hydrogen-bond donors (Lipinski definition) is 1. The van der Waals surface area contributed by atoms with Crippen LogP contribution in [0.5, 0.6) is 0 Å². The fourth-order valence-electron chi connectivity index (χ4n) is 3.10. The first kappa shape index (κ1) is 19.4. The van der Waals surface area contributed by atoms with Gasteiger partial charge >= 0.3 is 0 Å². The van der Waals surface area contributed by atoms with Gasteiger partial charge in [-0.15, -0.1) is 0 Å². The van der Waals surface area contributed by atoms with Crippen molar-refractivity contribution in [2.75, 3.05) is 65.7 Å². The largest absolute Gasteiger partial charge is 0.356 e. The molecule has 24 heavy (non-hydrogen) atoms. The Labute approximate surface area is 151 Å². The summed E-state index contributed by atoms with van der Waals surface area (Å²) < 4.78 is 0. The van der Waals surface area contributed by atoms with E-state index < -0.39 is 0 Å². The van der Waals surface area contributed by atoms with Crippen LogP contribution >= 0.6 is 11.8 Å². The number of likely N-dealkylation sites (N-methyl/N-ethyl adjacent to an activating group) is 1. The Kier molecular flexibility index (Phi) is 7.68. The van der Waals surface area contributed by atoms with Crippen LogP contribution < -0.4 is 5.32 Å². The van der Waals surface area contributed by atoms with E-state index in [4.69, 9.17) is 0 Å². The highest BCUT2D eigenvalue weighted by Crippen LogP contribution is 2.24. The third-order valence-electron chi connectivity index (χ3n) is 4.83. The van der Waals surface area contributed by atoms with Gasteiger partial charge in [0.25, 0.3) is 0 Å². The highest BCUT2D eigenvalue weighted by molar-refractivity contribution is 8.00. The molecule has 2 fully saturated rings. The monoisotopic (exact) mass is 355 g/mol. The number of carbonyl (C=O) groups excluding carboxylic acids is 1. The topological polar surface area (TPSA) is 51.2 Å². The molecule has 2 heterocycles. The Hall–Kier alpha value is -0.950. The zero-order valence-electron chi connectivity index (χ0n) is 15.6. The molecule has 2 aliphatic rings. The summed E-state index contributed by atoms with van der Waals surface area (Å²) in [6.45, 7) is 10.9. The lowest BCUT2D eigenvalue weighted by Gasteiger charge is -2.36. The third-order valence-corrected chi connectivity index (χ3v) is 6.37. The SMILES string of the molecule is CN=C(NCCC(=O)N1CCN(C)CC1)N1CCSC(C(C)C)C1. The number of piperazine rings is 1. The van der Waals surface area contributed by atoms with Gasteiger partial charge in [-0.2, -0.15) is 11.8 Å². The number of rotatable bonds is 4. The zero-order chi connectivity index (χ0) is 17.5. The van der Waals surface area contributed by atoms with Crippen LogP contribution in [0.25, 0.3) is 0 Å². The summed E-state index contributed by atoms with van der Waals surface area (Å²) in [6.07, 6.45) is 0.541. The minimum Gasteiger partial charge on any atom is -0.356 e. The summed E-state index contributed by atoms with van der Waals surface area (Å²) in [5.74, 6) is 3.01. The van der Waals surface area contributed by atoms with E-state index in [2.05, 4.69) is 52.8 Å². The van der Waals surface area contributed by atoms with Crippen molar-refractivity contribution in [3.63, 3.8) is 0 Å². The molecular weight excluding hydrogens is 322 g/mol. The number of amides is 1. The van der Waals surface area contributed by atoms with Gasteiger partial charge in [-0.25, -0.2) is 0 Å². The number of guanidine groups is 1. The van der Waals surface area contributed by atoms with Crippen molar-refractivity contribution in [1.82, 2.24) is 20.0 Å². The molecule has 0 radical (unpaired) electrons. The molecule has 7 heteroatoms. The molecule has 0 aromatic heterocycles. The summed E-state index contributed by atoms with van der Waals surface area (Å²) >= 11 is 2.06. The van der Waals surface area contributed by atoms with E-state index in [1.807, 2.05) is 11.9 Å². The van der Waals surface area contributed by atoms with Crippen molar-refractivity contribution < 1.29 is 4.79 Å². The summed E-state index contributed by atoms with van der Waals surface area (Å²) in [7, 11) is 3.94. The van der Waals surface area contributed by atoms with Crippen LogP contribution in [-0.4, -0.2) is 97.5 Å². The van der Waals surface area contributed by atoms with Crippen LogP contribution in [0.2, 0.25) is 0 Å². The lowest BCUT2D eigenvalue weighted by Crippen LogP contribution is -2.50. The second-order valence-corrected chi connectivity index (χ2v) is 8.35. The third kappa shape index (κ3) is 5.55. The maximum absolute atomic E-state index is 12.3. The quantitative estimate of drug-likeness (QED) is 0.597. The average molecular weight is 356 g/mol. The number of nitrogens with zero attached hydrogens (tertiary/aromatic N) is 4. The van der Waals surface area contributed by atoms with E-state index in [0.29, 0.717) is 24.1 Å². The van der Waals surface area contributed by atoms with Gasteiger partial charge in [-0.3, -0.25) is 9.79 Å². The van der Waals surface area contributed by atoms with Crippen molar-refractivity contribution in [1.29, 1.82) is 0 Å². The molecule has 138 valence electrons. The van der Waals surface area contributed by atoms with E-state index in [1.165, 1.54) is 0 Å². The standard InChI is InChI=1S/C17H33N5OS/c1-14(2)15-13-22(11-12-24-15)17(18-3)19-6-5-16(23)21-9-7-20(4)8-10-21/h14-15H,5-13H2,1-4H3,(H,18,19). The molecule has 2 aliphatic heterocycles. The molecule has 0 saturated carbocycles. The highest BCUT2D eigenvalue weighted by atomic mass is 32.2. The van der Waals surface area contributed by atoms with Gasteiger partial charge in [0.2, 0.25) is 5.91 Å². The summed E-state index contributed by atoms with van der Waals surface area (Å²) in [5.41, 5.74) is 0. The first-order valence-corrected chi connectivity index (χ1v) is 10.1. The predicted octanol–water partition coefficient (Wildman–Crippen LogP) is 0.799. The highest BCUT2D eigenvalue weighted by Gasteiger charge is 2.25. The lowest BCUT2D eigenvalue weighted by atomic mass is 10.1. The predicted molar refractivity (Wildman–Crippen MR) is 103 cm³/mol. The van der Waals surface area contributed by atoms with Crippen LogP contribution in [-0.2, 0) is 4.79 Å². The summed E-state index contributed by atoms with van der Waals surface area (Å²) in [6, 6.07) is 0. The second kappa shape index (κ2) is 9.51. The molecule has 1 atom stereocenters. The molecule has 0 bridgehead atoms. The number of aliphatic imine (C=N–C) groups is 1. The van der Waals surface area contributed by atoms with E-state index in [1.54, 1.807) is 0 Å². The van der Waals surface area contributed by atoms with Gasteiger partial charge in [0.15, 0.2) is 5.96 Å². The fourth-order valence-corrected chi connectivity index (χ4v) is 4.40. The Morgan fingerprint density at radius 3 is 2.54 bits per heavy atom. The molecule has 0 aliphatic carbocycles. The Morgan fingerprint density at radius 2 is 1.92 bits per heavy atom. The molecule has 6 nitrogen and oxygen atoms in total. The Morgan fingerprint density at radius 1 is 1.21 bits per heavy atom. The Balaban J connectivity index is 1.74. The average Bonchev–Trinajstić information content (AvgIpc) is 2.59. The van der Waals surface area contributed by atoms with E-state index in [0.717, 1.165) is 51.0 Å². The minimum absolute atomic E-state index is 0.250. The van der Waals surface area contributed by atoms with Gasteiger partial charge in [-0.05, 0) is 13.0 Å². The van der Waals surface area contributed by atoms with E-state index in [-0.39, 0.29) is 5.91 Å². The fraction of sp³-hybridized carbons (Fsp3) is 0.882. The summed E-state index contributed by atoms with van der Waals surface area (Å²) in [5, 5.41) is 4.04. The normalized spacial score (nSPS) is 23.7. The molecule has 0 aromatic rings. The van der Waals surface area contributed by atoms with Crippen LogP contribution in [0.4, 0.5) is 0 Å². The number of nitrogens with one attached hydrogen (secondary N) is 1. The van der Waals surface area contributed by atoms with E-state index in [9.17, 15) is 4.79 Å². The lowest BCUT2D eigenvalue weighted by molar-refractivity contribution is -0.132. The molecule has 1 amide bonds. The molecule has 0 aromatic carbocycles. The molecular formula is C17H33N5OS. The molecule has 2 rings (SSSR count). The van der Waals surface area contributed by atoms with Crippen LogP contribution in [0, 0.1) is 5.92 Å². The van der Waals surface area contributed by atoms with Gasteiger partial charge in [0, 0.05) is 70.3 Å². The van der Waals surface area contributed by atoms with Crippen molar-refractivity contribution in [3.05, 3.63) is 0 Å². The second-order valence-electron chi connectivity index (χ2n) is 7.01. The van der Waals surface area contributed by atoms with Crippen LogP contribution in [0.3, 0.4) is 0 Å². The summed E-state index contributed by atoms with van der Waals surface area (Å²) in [4.78, 5) is 23.3. The number of thioether (sulfide) groups is 1. The molecule has 1 unspecified atom stereocenters. The maximum atomic E-state index is 12.3. The van der Waals surface area contributed by atoms with E-state index >= 15 is 0 Å². The zero-order valence-corrected chi connectivity index (χ0v) is 16.4. The first-order valence-electron chi connectivity index (χ1n) is 9.04. The number of hydrogen-bond acceptors (Lipinski definition) is 4. The molecule has 0 spiro atoms. The molecule has 1 N–H and O–H groups in total. The van der Waals surface area contributed by atoms with Crippen molar-refractivity contribution in [2.24, 2.45) is 10.9 Å². The van der Waals surface area contributed by atoms with Crippen molar-refractivity contribution >= 4 is 23.6 Å². The molecule has 2 saturated heterocycles. The minimum atomic E-state index is 0.250. The van der Waals surface area contributed by atoms with Gasteiger partial charge in [0.05, 0.1) is 0 Å². The number of carbonyl (C=O) groups is 1. The maximum Gasteiger partial charge on any atom is 0.224 e. The smallest absolute Gasteiger partial charge is 0.224 e. The van der Waals surface area contributed by atoms with Crippen molar-refractivity contribution in [3.8, 4) is 0 Å². The van der Waals surface area contributed by atoms with Crippen LogP contribution in [0.15, 0.2) is 4.99 Å². The first-order chi connectivity index (χ1) is 11.5. The Bertz CT molecular complexity index is 435. The van der Waals surface area contributed by atoms with Gasteiger partial charge in [-0.1, -0.05) is 13.8 Å². The van der Waals surface area contributed by atoms with Crippen LogP contribution in [0.1, 0.15) is 20.3 Å². The van der Waals surface area contributed by atoms with Gasteiger partial charge in [0.1, 0.15) is 0 Å².